The van der Waals surface area contributed by atoms with Crippen LogP contribution < -0.4 is 74.7 Å². The summed E-state index contributed by atoms with van der Waals surface area (Å²) in [6, 6.07) is 11.9. The lowest BCUT2D eigenvalue weighted by Crippen LogP contribution is -2.57. The summed E-state index contributed by atoms with van der Waals surface area (Å²) < 4.78 is 24.2. The van der Waals surface area contributed by atoms with Crippen molar-refractivity contribution in [2.24, 2.45) is 0 Å². The first-order chi connectivity index (χ1) is 60.7. The number of rotatable bonds is 57. The van der Waals surface area contributed by atoms with Crippen molar-refractivity contribution in [3.05, 3.63) is 119 Å². The summed E-state index contributed by atoms with van der Waals surface area (Å²) in [4.78, 5) is 215. The van der Waals surface area contributed by atoms with Crippen molar-refractivity contribution < 1.29 is 116 Å². The molecule has 44 nitrogen and oxygen atoms in total. The van der Waals surface area contributed by atoms with Gasteiger partial charge in [0, 0.05) is 131 Å². The molecule has 0 spiro atoms. The first kappa shape index (κ1) is 98.7. The molecule has 684 valence electrons. The average Bonchev–Trinajstić information content (AvgIpc) is 1.67. The molecule has 1 saturated heterocycles. The van der Waals surface area contributed by atoms with Crippen molar-refractivity contribution in [2.45, 2.75) is 150 Å². The van der Waals surface area contributed by atoms with Crippen LogP contribution in [0, 0.1) is 0 Å². The predicted molar refractivity (Wildman–Crippen MR) is 451 cm³/mol. The van der Waals surface area contributed by atoms with Crippen LogP contribution in [0.25, 0.3) is 21.8 Å². The number of para-hydroxylation sites is 2. The molecule has 1 aliphatic carbocycles. The molecule has 0 saturated carbocycles. The highest BCUT2D eigenvalue weighted by Crippen LogP contribution is 2.30. The number of H-pyrrole nitrogens is 2. The fourth-order valence-electron chi connectivity index (χ4n) is 13.4. The Labute approximate surface area is 727 Å². The van der Waals surface area contributed by atoms with Crippen LogP contribution in [0.2, 0.25) is 0 Å². The van der Waals surface area contributed by atoms with Gasteiger partial charge in [0.2, 0.25) is 59.1 Å². The van der Waals surface area contributed by atoms with Gasteiger partial charge >= 0.3 is 36.0 Å². The van der Waals surface area contributed by atoms with E-state index in [1.165, 1.54) is 0 Å². The number of fused-ring (bicyclic) bond motifs is 3. The van der Waals surface area contributed by atoms with E-state index in [1.54, 1.807) is 91.3 Å². The van der Waals surface area contributed by atoms with E-state index in [0.717, 1.165) is 67.7 Å². The van der Waals surface area contributed by atoms with Gasteiger partial charge in [-0.3, -0.25) is 63.1 Å². The van der Waals surface area contributed by atoms with Gasteiger partial charge in [-0.25, -0.2) is 34.1 Å². The molecule has 13 amide bonds. The summed E-state index contributed by atoms with van der Waals surface area (Å²) in [6.07, 6.45) is 3.23. The number of aromatic nitrogens is 5. The van der Waals surface area contributed by atoms with E-state index in [-0.39, 0.29) is 110 Å². The SMILES string of the molecule is CNCCNCCn1nnc2c1CCCCCC2OC(=O)NCCOCCNC(=O)CCOCCOCCNC(=O)CCN1C(=O)CC(SCC(NC(=O)CNC(=O)C(Cc2c[nH]c3ccccc23)NC(=O)C(Cc2c[nH]c3ccccc23)NC(=O)CNC(=O)C(Cc2ccccc2)NNC(=O)CC[C@H](NC(=O)N[C@@H](CCC(=O)O)C(=O)O)C(=O)O)C(=O)O)C1=O. The van der Waals surface area contributed by atoms with Crippen molar-refractivity contribution in [1.82, 2.24) is 105 Å². The molecule has 1 fully saturated rings. The van der Waals surface area contributed by atoms with E-state index in [0.29, 0.717) is 57.2 Å². The third kappa shape index (κ3) is 33.8. The number of benzene rings is 3. The molecule has 20 N–H and O–H groups in total. The number of imide groups is 1. The maximum absolute atomic E-state index is 14.8. The van der Waals surface area contributed by atoms with Crippen LogP contribution in [-0.4, -0.2) is 298 Å². The summed E-state index contributed by atoms with van der Waals surface area (Å²) in [6.45, 7) is 2.64. The van der Waals surface area contributed by atoms with Crippen molar-refractivity contribution in [3.8, 4) is 0 Å². The maximum atomic E-state index is 14.8. The van der Waals surface area contributed by atoms with Gasteiger partial charge in [0.1, 0.15) is 48.0 Å². The minimum absolute atomic E-state index is 0.0777. The van der Waals surface area contributed by atoms with E-state index < -0.39 is 181 Å². The number of urea groups is 1. The van der Waals surface area contributed by atoms with Gasteiger partial charge in [-0.15, -0.1) is 16.9 Å². The summed E-state index contributed by atoms with van der Waals surface area (Å²) in [5.74, 6) is -14.0. The number of hydrogen-bond donors (Lipinski definition) is 20. The van der Waals surface area contributed by atoms with E-state index in [9.17, 15) is 92.0 Å². The van der Waals surface area contributed by atoms with E-state index >= 15 is 0 Å². The quantitative estimate of drug-likeness (QED) is 0.0114. The number of carbonyl (C=O) groups excluding carboxylic acids is 12. The second-order valence-corrected chi connectivity index (χ2v) is 30.6. The third-order valence-corrected chi connectivity index (χ3v) is 21.3. The Morgan fingerprint density at radius 3 is 1.71 bits per heavy atom. The van der Waals surface area contributed by atoms with Crippen LogP contribution in [0.3, 0.4) is 0 Å². The molecule has 0 radical (unpaired) electrons. The number of alkyl carbamates (subject to hydrolysis) is 1. The zero-order valence-corrected chi connectivity index (χ0v) is 70.4. The number of hydrogen-bond acceptors (Lipinski definition) is 26. The fourth-order valence-corrected chi connectivity index (χ4v) is 14.6. The van der Waals surface area contributed by atoms with Gasteiger partial charge in [0.15, 0.2) is 0 Å². The Balaban J connectivity index is 0.739. The fraction of sp³-hybridized carbons (Fsp3) is 0.506. The largest absolute Gasteiger partial charge is 0.481 e. The topological polar surface area (TPSA) is 625 Å². The number of nitrogens with zero attached hydrogens (tertiary/aromatic N) is 4. The third-order valence-electron chi connectivity index (χ3n) is 20.0. The molecule has 1 aliphatic heterocycles. The molecular weight excluding hydrogens is 1670 g/mol. The lowest BCUT2D eigenvalue weighted by Gasteiger charge is -2.24. The van der Waals surface area contributed by atoms with Crippen LogP contribution in [-0.2, 0) is 118 Å². The number of likely N-dealkylation sites (N-methyl/N-ethyl adjacent to an activating group) is 1. The Morgan fingerprint density at radius 1 is 0.524 bits per heavy atom. The first-order valence-electron chi connectivity index (χ1n) is 41.3. The first-order valence-corrected chi connectivity index (χ1v) is 42.3. The average molecular weight is 1780 g/mol. The zero-order chi connectivity index (χ0) is 90.7. The maximum Gasteiger partial charge on any atom is 0.407 e. The number of hydrazine groups is 1. The number of aliphatic carboxylic acids is 4. The Bertz CT molecular complexity index is 4680. The minimum Gasteiger partial charge on any atom is -0.481 e. The van der Waals surface area contributed by atoms with E-state index in [4.69, 9.17) is 24.1 Å². The van der Waals surface area contributed by atoms with Gasteiger partial charge in [-0.2, -0.15) is 0 Å². The van der Waals surface area contributed by atoms with Gasteiger partial charge in [0.05, 0.1) is 70.2 Å². The van der Waals surface area contributed by atoms with Crippen LogP contribution in [0.15, 0.2) is 91.3 Å². The van der Waals surface area contributed by atoms with E-state index in [1.807, 2.05) is 22.4 Å². The highest BCUT2D eigenvalue weighted by Gasteiger charge is 2.40. The summed E-state index contributed by atoms with van der Waals surface area (Å²) in [5.41, 5.74) is 9.58. The van der Waals surface area contributed by atoms with Crippen molar-refractivity contribution in [2.75, 3.05) is 111 Å². The van der Waals surface area contributed by atoms with Crippen molar-refractivity contribution in [3.63, 3.8) is 0 Å². The Kier molecular flexibility index (Phi) is 41.4. The van der Waals surface area contributed by atoms with Gasteiger partial charge in [-0.05, 0) is 80.8 Å². The second kappa shape index (κ2) is 52.8. The molecule has 8 atom stereocenters. The van der Waals surface area contributed by atoms with Gasteiger partial charge in [-0.1, -0.05) is 78.4 Å². The molecule has 0 bridgehead atoms. The molecule has 6 unspecified atom stereocenters. The lowest BCUT2D eigenvalue weighted by atomic mass is 9.99. The van der Waals surface area contributed by atoms with Crippen LogP contribution in [0.4, 0.5) is 9.59 Å². The number of thioether (sulfide) groups is 1. The normalized spacial score (nSPS) is 15.2. The van der Waals surface area contributed by atoms with Crippen molar-refractivity contribution >= 4 is 129 Å². The van der Waals surface area contributed by atoms with Crippen molar-refractivity contribution in [1.29, 1.82) is 0 Å². The Hall–Kier alpha value is -12.7. The molecule has 45 heteroatoms. The smallest absolute Gasteiger partial charge is 0.407 e. The number of aromatic amines is 2. The minimum atomic E-state index is -1.75. The number of amides is 13. The molecule has 6 aromatic rings. The predicted octanol–water partition coefficient (Wildman–Crippen LogP) is -1.80. The number of carboxylic acids is 4. The summed E-state index contributed by atoms with van der Waals surface area (Å²) >= 11 is 0.787. The molecule has 3 aromatic carbocycles. The van der Waals surface area contributed by atoms with Gasteiger partial charge in [0.25, 0.3) is 0 Å². The number of carbonyl (C=O) groups is 16. The number of nitrogens with one attached hydrogen (secondary N) is 16. The molecule has 4 heterocycles. The summed E-state index contributed by atoms with van der Waals surface area (Å²) in [7, 11) is 1.90. The van der Waals surface area contributed by atoms with Gasteiger partial charge < -0.3 is 113 Å². The lowest BCUT2D eigenvalue weighted by molar-refractivity contribution is -0.141. The standard InChI is InChI=1S/C81H110N20O24S/c1-82-26-27-83-28-33-101-62-18-6-3-7-19-63(72(62)98-99-101)125-81(121)86-31-37-123-35-29-85-66(103)25-34-122-38-39-124-36-30-84-65(102)24-32-100-70(107)43-64(76(100)113)126-48-61(79(118)119)92-69(106)47-89-73(110)58(41-50-44-87-54-16-10-8-14-52(50)54)93-75(112)59(42-51-45-88-55-17-11-9-15-53(51)55)91-68(105)46-90-74(111)60(40-49-12-4-2-5-13-49)96-97-67(104)22-20-56(77(114)115)94-80(120)95-57(78(116)117)21-23-71(108)109/h2,4-5,8-17,44-45,56-61,63-64,82-83,87-88,96H,3,6-7,18-43,46-48H2,1H3,(H,84,102)(H,85,103)(H,86,121)(H,89,110)(H,90,111)(H,91,105)(H,92,106)(H,93,112)(H,97,104)(H,108,109)(H,114,115)(H,116,117)(H,118,119)(H2,94,95,120)/t56-,57-,58?,59?,60?,61?,63?,64?/m0/s1. The van der Waals surface area contributed by atoms with Crippen LogP contribution in [0.1, 0.15) is 105 Å². The zero-order valence-electron chi connectivity index (χ0n) is 69.6. The highest BCUT2D eigenvalue weighted by atomic mass is 32.2. The molecule has 2 aliphatic rings. The molecule has 126 heavy (non-hydrogen) atoms. The molecule has 3 aromatic heterocycles. The number of likely N-dealkylation sites (tertiary alicyclic amines) is 1. The second-order valence-electron chi connectivity index (χ2n) is 29.4. The summed E-state index contributed by atoms with van der Waals surface area (Å²) in [5, 5.41) is 78.6. The molecular formula is C81H110N20O24S. The monoisotopic (exact) mass is 1780 g/mol. The molecule has 8 rings (SSSR count). The van der Waals surface area contributed by atoms with Crippen LogP contribution >= 0.6 is 11.8 Å². The number of carboxylic acid groups (broad SMARTS) is 4. The van der Waals surface area contributed by atoms with Crippen LogP contribution in [0.5, 0.6) is 0 Å². The number of ether oxygens (including phenoxy) is 4. The Morgan fingerprint density at radius 2 is 1.09 bits per heavy atom. The highest BCUT2D eigenvalue weighted by molar-refractivity contribution is 8.00. The van der Waals surface area contributed by atoms with E-state index in [2.05, 4.69) is 84.3 Å².